The molecule has 2 nitrogen and oxygen atoms in total. The van der Waals surface area contributed by atoms with E-state index in [0.717, 1.165) is 0 Å². The third-order valence-corrected chi connectivity index (χ3v) is 4.04. The molecule has 0 aromatic rings. The molecule has 0 radical (unpaired) electrons. The molecule has 0 aromatic carbocycles. The van der Waals surface area contributed by atoms with Crippen molar-refractivity contribution in [2.45, 2.75) is 16.6 Å². The summed E-state index contributed by atoms with van der Waals surface area (Å²) in [5.74, 6) is -0.753. The molecule has 1 rings (SSSR count). The van der Waals surface area contributed by atoms with Gasteiger partial charge in [0.15, 0.2) is 0 Å². The van der Waals surface area contributed by atoms with Gasteiger partial charge in [0.2, 0.25) is 0 Å². The smallest absolute Gasteiger partial charge is 0.311 e. The van der Waals surface area contributed by atoms with E-state index >= 15 is 0 Å². The third-order valence-electron chi connectivity index (χ3n) is 1.73. The zero-order valence-electron chi connectivity index (χ0n) is 5.23. The minimum absolute atomic E-state index is 0. The SMILES string of the molecule is CC1(C(=O)O)CC1(Br)Br.Cl. The van der Waals surface area contributed by atoms with Crippen LogP contribution in [0.3, 0.4) is 0 Å². The predicted molar refractivity (Wildman–Crippen MR) is 48.2 cm³/mol. The van der Waals surface area contributed by atoms with E-state index in [0.29, 0.717) is 6.42 Å². The highest BCUT2D eigenvalue weighted by molar-refractivity contribution is 9.25. The second-order valence-electron chi connectivity index (χ2n) is 2.52. The molecule has 1 unspecified atom stereocenters. The highest BCUT2D eigenvalue weighted by atomic mass is 79.9. The fraction of sp³-hybridized carbons (Fsp3) is 0.800. The lowest BCUT2D eigenvalue weighted by molar-refractivity contribution is -0.142. The van der Waals surface area contributed by atoms with Crippen LogP contribution in [0, 0.1) is 5.41 Å². The highest BCUT2D eigenvalue weighted by Crippen LogP contribution is 2.66. The molecule has 1 aliphatic rings. The Bertz CT molecular complexity index is 171. The maximum atomic E-state index is 10.4. The molecule has 1 N–H and O–H groups in total. The van der Waals surface area contributed by atoms with E-state index in [9.17, 15) is 4.79 Å². The molecule has 1 saturated carbocycles. The van der Waals surface area contributed by atoms with E-state index in [4.69, 9.17) is 5.11 Å². The van der Waals surface area contributed by atoms with Crippen molar-refractivity contribution in [3.8, 4) is 0 Å². The van der Waals surface area contributed by atoms with E-state index in [-0.39, 0.29) is 15.6 Å². The Kier molecular flexibility index (Phi) is 2.83. The Morgan fingerprint density at radius 1 is 1.60 bits per heavy atom. The van der Waals surface area contributed by atoms with E-state index in [2.05, 4.69) is 31.9 Å². The van der Waals surface area contributed by atoms with Gasteiger partial charge in [-0.05, 0) is 13.3 Å². The number of carboxylic acid groups (broad SMARTS) is 1. The van der Waals surface area contributed by atoms with Gasteiger partial charge < -0.3 is 5.11 Å². The molecule has 0 heterocycles. The number of alkyl halides is 2. The van der Waals surface area contributed by atoms with Crippen molar-refractivity contribution in [1.29, 1.82) is 0 Å². The summed E-state index contributed by atoms with van der Waals surface area (Å²) >= 11 is 6.49. The lowest BCUT2D eigenvalue weighted by Crippen LogP contribution is -2.16. The zero-order chi connectivity index (χ0) is 7.28. The molecular weight excluding hydrogens is 287 g/mol. The van der Waals surface area contributed by atoms with E-state index in [1.807, 2.05) is 0 Å². The predicted octanol–water partition coefficient (Wildman–Crippen LogP) is 2.39. The van der Waals surface area contributed by atoms with Crippen LogP contribution < -0.4 is 0 Å². The van der Waals surface area contributed by atoms with E-state index in [1.54, 1.807) is 6.92 Å². The molecule has 5 heteroatoms. The molecule has 0 amide bonds. The van der Waals surface area contributed by atoms with Gasteiger partial charge in [-0.15, -0.1) is 12.4 Å². The van der Waals surface area contributed by atoms with Crippen molar-refractivity contribution in [1.82, 2.24) is 0 Å². The van der Waals surface area contributed by atoms with Crippen LogP contribution in [0.25, 0.3) is 0 Å². The fourth-order valence-electron chi connectivity index (χ4n) is 0.632. The van der Waals surface area contributed by atoms with Gasteiger partial charge in [0.25, 0.3) is 0 Å². The maximum absolute atomic E-state index is 10.4. The number of carboxylic acids is 1. The number of rotatable bonds is 1. The average molecular weight is 294 g/mol. The molecule has 1 aliphatic carbocycles. The van der Waals surface area contributed by atoms with Crippen molar-refractivity contribution >= 4 is 50.2 Å². The minimum Gasteiger partial charge on any atom is -0.481 e. The van der Waals surface area contributed by atoms with Crippen LogP contribution in [0.4, 0.5) is 0 Å². The van der Waals surface area contributed by atoms with Gasteiger partial charge in [-0.2, -0.15) is 0 Å². The maximum Gasteiger partial charge on any atom is 0.311 e. The molecule has 0 spiro atoms. The molecule has 0 bridgehead atoms. The summed E-state index contributed by atoms with van der Waals surface area (Å²) in [4.78, 5) is 10.4. The van der Waals surface area contributed by atoms with Crippen molar-refractivity contribution in [2.24, 2.45) is 5.41 Å². The van der Waals surface area contributed by atoms with Crippen molar-refractivity contribution in [3.05, 3.63) is 0 Å². The van der Waals surface area contributed by atoms with Crippen molar-refractivity contribution in [2.75, 3.05) is 0 Å². The summed E-state index contributed by atoms with van der Waals surface area (Å²) in [7, 11) is 0. The lowest BCUT2D eigenvalue weighted by atomic mass is 10.2. The van der Waals surface area contributed by atoms with Crippen molar-refractivity contribution in [3.63, 3.8) is 0 Å². The fourth-order valence-corrected chi connectivity index (χ4v) is 2.09. The van der Waals surface area contributed by atoms with Gasteiger partial charge in [-0.1, -0.05) is 31.9 Å². The number of halogens is 3. The van der Waals surface area contributed by atoms with Crippen LogP contribution in [0.15, 0.2) is 0 Å². The quantitative estimate of drug-likeness (QED) is 0.754. The number of hydrogen-bond acceptors (Lipinski definition) is 1. The average Bonchev–Trinajstić information content (AvgIpc) is 2.08. The lowest BCUT2D eigenvalue weighted by Gasteiger charge is -2.03. The Morgan fingerprint density at radius 2 is 1.90 bits per heavy atom. The number of carbonyl (C=O) groups is 1. The Labute approximate surface area is 82.0 Å². The summed E-state index contributed by atoms with van der Waals surface area (Å²) in [6.45, 7) is 1.71. The summed E-state index contributed by atoms with van der Waals surface area (Å²) in [6.07, 6.45) is 0.648. The van der Waals surface area contributed by atoms with Gasteiger partial charge in [0.1, 0.15) is 0 Å². The van der Waals surface area contributed by atoms with Crippen LogP contribution >= 0.6 is 44.3 Å². The first-order chi connectivity index (χ1) is 3.90. The zero-order valence-corrected chi connectivity index (χ0v) is 9.22. The number of hydrogen-bond donors (Lipinski definition) is 1. The van der Waals surface area contributed by atoms with Gasteiger partial charge in [0.05, 0.1) is 8.65 Å². The Balaban J connectivity index is 0.000000810. The monoisotopic (exact) mass is 292 g/mol. The molecular formula is C5H7Br2ClO2. The van der Waals surface area contributed by atoms with Gasteiger partial charge >= 0.3 is 5.97 Å². The normalized spacial score (nSPS) is 34.3. The molecule has 10 heavy (non-hydrogen) atoms. The minimum atomic E-state index is -0.753. The topological polar surface area (TPSA) is 37.3 Å². The van der Waals surface area contributed by atoms with Gasteiger partial charge in [-0.25, -0.2) is 0 Å². The molecule has 0 aromatic heterocycles. The third kappa shape index (κ3) is 1.34. The second kappa shape index (κ2) is 2.64. The van der Waals surface area contributed by atoms with Crippen LogP contribution in [0.5, 0.6) is 0 Å². The van der Waals surface area contributed by atoms with Crippen LogP contribution in [-0.4, -0.2) is 14.3 Å². The summed E-state index contributed by atoms with van der Waals surface area (Å²) in [5, 5.41) is 8.59. The van der Waals surface area contributed by atoms with Gasteiger partial charge in [0, 0.05) is 0 Å². The van der Waals surface area contributed by atoms with Crippen LogP contribution in [0.2, 0.25) is 0 Å². The molecule has 1 fully saturated rings. The van der Waals surface area contributed by atoms with E-state index in [1.165, 1.54) is 0 Å². The van der Waals surface area contributed by atoms with Crippen LogP contribution in [0.1, 0.15) is 13.3 Å². The van der Waals surface area contributed by atoms with Gasteiger partial charge in [-0.3, -0.25) is 4.79 Å². The molecule has 60 valence electrons. The van der Waals surface area contributed by atoms with Crippen molar-refractivity contribution < 1.29 is 9.90 Å². The number of aliphatic carboxylic acids is 1. The standard InChI is InChI=1S/C5H6Br2O2.ClH/c1-4(3(8)9)2-5(4,6)7;/h2H2,1H3,(H,8,9);1H. The second-order valence-corrected chi connectivity index (χ2v) is 6.29. The summed E-state index contributed by atoms with van der Waals surface area (Å²) in [5.41, 5.74) is -0.604. The van der Waals surface area contributed by atoms with E-state index < -0.39 is 11.4 Å². The summed E-state index contributed by atoms with van der Waals surface area (Å²) in [6, 6.07) is 0. The summed E-state index contributed by atoms with van der Waals surface area (Å²) < 4.78 is -0.348. The first kappa shape index (κ1) is 10.7. The first-order valence-corrected chi connectivity index (χ1v) is 4.10. The Hall–Kier alpha value is 0.720. The molecule has 0 aliphatic heterocycles. The van der Waals surface area contributed by atoms with Crippen LogP contribution in [-0.2, 0) is 4.79 Å². The molecule has 0 saturated heterocycles. The molecule has 1 atom stereocenters. The highest BCUT2D eigenvalue weighted by Gasteiger charge is 2.67. The first-order valence-electron chi connectivity index (χ1n) is 2.51. The largest absolute Gasteiger partial charge is 0.481 e. The Morgan fingerprint density at radius 3 is 1.90 bits per heavy atom.